The van der Waals surface area contributed by atoms with E-state index in [0.717, 1.165) is 12.1 Å². The Kier molecular flexibility index (Phi) is 5.08. The van der Waals surface area contributed by atoms with Gasteiger partial charge in [0.15, 0.2) is 0 Å². The van der Waals surface area contributed by atoms with Gasteiger partial charge in [-0.05, 0) is 47.5 Å². The Labute approximate surface area is 130 Å². The largest absolute Gasteiger partial charge is 0.271 e. The smallest absolute Gasteiger partial charge is 0.145 e. The maximum atomic E-state index is 14.3. The third-order valence-electron chi connectivity index (χ3n) is 3.35. The molecule has 0 spiro atoms. The summed E-state index contributed by atoms with van der Waals surface area (Å²) in [6.45, 7) is 4.47. The van der Waals surface area contributed by atoms with Gasteiger partial charge in [0.25, 0.3) is 0 Å². The Hall–Kier alpha value is -1.31. The fourth-order valence-electron chi connectivity index (χ4n) is 2.27. The second-order valence-electron chi connectivity index (χ2n) is 4.59. The molecular weight excluding hydrogens is 342 g/mol. The molecule has 0 aliphatic carbocycles. The Bertz CT molecular complexity index is 642. The zero-order valence-electron chi connectivity index (χ0n) is 11.8. The lowest BCUT2D eigenvalue weighted by atomic mass is 10.0. The predicted molar refractivity (Wildman–Crippen MR) is 80.5 cm³/mol. The van der Waals surface area contributed by atoms with Crippen LogP contribution in [0.15, 0.2) is 22.7 Å². The van der Waals surface area contributed by atoms with E-state index >= 15 is 0 Å². The Morgan fingerprint density at radius 2 is 2.10 bits per heavy atom. The van der Waals surface area contributed by atoms with Gasteiger partial charge in [-0.15, -0.1) is 0 Å². The first kappa shape index (κ1) is 16.1. The van der Waals surface area contributed by atoms with E-state index in [1.54, 1.807) is 4.68 Å². The molecule has 2 aromatic rings. The van der Waals surface area contributed by atoms with Crippen molar-refractivity contribution < 1.29 is 8.78 Å². The van der Waals surface area contributed by atoms with Crippen molar-refractivity contribution in [2.24, 2.45) is 5.84 Å². The van der Waals surface area contributed by atoms with Crippen LogP contribution in [-0.2, 0) is 13.0 Å². The van der Waals surface area contributed by atoms with Crippen LogP contribution in [0.2, 0.25) is 0 Å². The lowest BCUT2D eigenvalue weighted by molar-refractivity contribution is 0.481. The molecule has 1 atom stereocenters. The molecule has 3 N–H and O–H groups in total. The number of hydrazine groups is 1. The average molecular weight is 359 g/mol. The van der Waals surface area contributed by atoms with Crippen LogP contribution in [0.25, 0.3) is 0 Å². The van der Waals surface area contributed by atoms with E-state index in [0.29, 0.717) is 12.2 Å². The van der Waals surface area contributed by atoms with Crippen molar-refractivity contribution in [3.8, 4) is 0 Å². The summed E-state index contributed by atoms with van der Waals surface area (Å²) in [5.41, 5.74) is 3.85. The molecule has 1 aromatic carbocycles. The number of nitrogens with two attached hydrogens (primary N) is 1. The molecule has 0 radical (unpaired) electrons. The molecule has 21 heavy (non-hydrogen) atoms. The zero-order valence-corrected chi connectivity index (χ0v) is 13.4. The van der Waals surface area contributed by atoms with Crippen LogP contribution in [0.1, 0.15) is 36.8 Å². The van der Waals surface area contributed by atoms with Crippen molar-refractivity contribution in [2.75, 3.05) is 0 Å². The highest BCUT2D eigenvalue weighted by molar-refractivity contribution is 9.10. The van der Waals surface area contributed by atoms with Crippen molar-refractivity contribution in [1.82, 2.24) is 15.2 Å². The molecule has 0 saturated carbocycles. The number of aromatic nitrogens is 2. The number of halogens is 3. The highest BCUT2D eigenvalue weighted by Crippen LogP contribution is 2.30. The van der Waals surface area contributed by atoms with E-state index in [9.17, 15) is 8.78 Å². The number of hydrogen-bond donors (Lipinski definition) is 2. The van der Waals surface area contributed by atoms with E-state index in [1.807, 2.05) is 19.9 Å². The monoisotopic (exact) mass is 358 g/mol. The van der Waals surface area contributed by atoms with Crippen molar-refractivity contribution in [3.05, 3.63) is 51.3 Å². The number of rotatable bonds is 5. The third kappa shape index (κ3) is 3.00. The van der Waals surface area contributed by atoms with Crippen LogP contribution in [0.3, 0.4) is 0 Å². The molecule has 0 bridgehead atoms. The second-order valence-corrected chi connectivity index (χ2v) is 5.44. The predicted octanol–water partition coefficient (Wildman–Crippen LogP) is 3.06. The first-order valence-electron chi connectivity index (χ1n) is 6.69. The van der Waals surface area contributed by atoms with Crippen molar-refractivity contribution >= 4 is 15.9 Å². The van der Waals surface area contributed by atoms with Gasteiger partial charge in [0.1, 0.15) is 11.6 Å². The lowest BCUT2D eigenvalue weighted by Gasteiger charge is -2.19. The molecule has 2 rings (SSSR count). The lowest BCUT2D eigenvalue weighted by Crippen LogP contribution is -2.32. The first-order chi connectivity index (χ1) is 10.0. The first-order valence-corrected chi connectivity index (χ1v) is 7.48. The van der Waals surface area contributed by atoms with Crippen LogP contribution in [0, 0.1) is 11.6 Å². The second kappa shape index (κ2) is 6.64. The molecule has 1 unspecified atom stereocenters. The van der Waals surface area contributed by atoms with Gasteiger partial charge in [0.05, 0.1) is 21.9 Å². The topological polar surface area (TPSA) is 55.9 Å². The Morgan fingerprint density at radius 3 is 2.67 bits per heavy atom. The molecule has 0 amide bonds. The van der Waals surface area contributed by atoms with E-state index in [1.165, 1.54) is 12.1 Å². The summed E-state index contributed by atoms with van der Waals surface area (Å²) >= 11 is 3.07. The Balaban J connectivity index is 2.60. The molecule has 1 heterocycles. The van der Waals surface area contributed by atoms with Gasteiger partial charge < -0.3 is 0 Å². The van der Waals surface area contributed by atoms with Gasteiger partial charge in [-0.3, -0.25) is 10.5 Å². The van der Waals surface area contributed by atoms with Gasteiger partial charge in [-0.1, -0.05) is 6.92 Å². The third-order valence-corrected chi connectivity index (χ3v) is 3.97. The summed E-state index contributed by atoms with van der Waals surface area (Å²) in [6, 6.07) is 3.54. The van der Waals surface area contributed by atoms with E-state index < -0.39 is 17.7 Å². The summed E-state index contributed by atoms with van der Waals surface area (Å²) in [7, 11) is 0. The molecule has 0 aliphatic heterocycles. The van der Waals surface area contributed by atoms with E-state index in [2.05, 4.69) is 26.5 Å². The molecule has 0 fully saturated rings. The van der Waals surface area contributed by atoms with Gasteiger partial charge >= 0.3 is 0 Å². The highest BCUT2D eigenvalue weighted by atomic mass is 79.9. The van der Waals surface area contributed by atoms with E-state index in [-0.39, 0.29) is 10.0 Å². The van der Waals surface area contributed by atoms with Gasteiger partial charge in [-0.2, -0.15) is 5.10 Å². The minimum atomic E-state index is -0.810. The minimum absolute atomic E-state index is 0.121. The normalized spacial score (nSPS) is 12.7. The summed E-state index contributed by atoms with van der Waals surface area (Å²) in [5.74, 6) is 4.24. The maximum absolute atomic E-state index is 14.3. The summed E-state index contributed by atoms with van der Waals surface area (Å²) < 4.78 is 30.3. The van der Waals surface area contributed by atoms with Crippen LogP contribution in [0.4, 0.5) is 8.78 Å². The minimum Gasteiger partial charge on any atom is -0.271 e. The fraction of sp³-hybridized carbons (Fsp3) is 0.357. The summed E-state index contributed by atoms with van der Waals surface area (Å²) in [5, 5.41) is 4.39. The maximum Gasteiger partial charge on any atom is 0.145 e. The summed E-state index contributed by atoms with van der Waals surface area (Å²) in [4.78, 5) is 0. The molecule has 0 saturated heterocycles. The average Bonchev–Trinajstić information content (AvgIpc) is 2.90. The van der Waals surface area contributed by atoms with Crippen LogP contribution in [-0.4, -0.2) is 9.78 Å². The number of nitrogens with one attached hydrogen (secondary N) is 1. The van der Waals surface area contributed by atoms with Gasteiger partial charge in [0.2, 0.25) is 0 Å². The van der Waals surface area contributed by atoms with Gasteiger partial charge in [-0.25, -0.2) is 14.2 Å². The molecule has 114 valence electrons. The molecule has 0 aliphatic rings. The SMILES string of the molecule is CCc1cc(C(NN)c2c(F)ccc(Br)c2F)n(CC)n1. The number of aryl methyl sites for hydroxylation is 2. The van der Waals surface area contributed by atoms with Crippen molar-refractivity contribution in [3.63, 3.8) is 0 Å². The summed E-state index contributed by atoms with van der Waals surface area (Å²) in [6.07, 6.45) is 0.737. The van der Waals surface area contributed by atoms with Crippen LogP contribution < -0.4 is 11.3 Å². The number of hydrogen-bond acceptors (Lipinski definition) is 3. The zero-order chi connectivity index (χ0) is 15.6. The highest BCUT2D eigenvalue weighted by Gasteiger charge is 2.26. The van der Waals surface area contributed by atoms with Crippen molar-refractivity contribution in [1.29, 1.82) is 0 Å². The van der Waals surface area contributed by atoms with Gasteiger partial charge in [0, 0.05) is 12.1 Å². The van der Waals surface area contributed by atoms with Crippen molar-refractivity contribution in [2.45, 2.75) is 32.9 Å². The standard InChI is InChI=1S/C14H17BrF2N4/c1-3-8-7-11(21(4-2)20-8)14(19-18)12-10(16)6-5-9(15)13(12)17/h5-7,14,19H,3-4,18H2,1-2H3. The molecule has 7 heteroatoms. The van der Waals surface area contributed by atoms with Crippen LogP contribution >= 0.6 is 15.9 Å². The Morgan fingerprint density at radius 1 is 1.38 bits per heavy atom. The van der Waals surface area contributed by atoms with Crippen LogP contribution in [0.5, 0.6) is 0 Å². The quantitative estimate of drug-likeness (QED) is 0.490. The number of nitrogens with zero attached hydrogens (tertiary/aromatic N) is 2. The fourth-order valence-corrected chi connectivity index (χ4v) is 2.62. The number of benzene rings is 1. The molecule has 1 aromatic heterocycles. The van der Waals surface area contributed by atoms with E-state index in [4.69, 9.17) is 5.84 Å². The molecular formula is C14H17BrF2N4. The molecule has 4 nitrogen and oxygen atoms in total.